The van der Waals surface area contributed by atoms with Gasteiger partial charge in [0, 0.05) is 13.1 Å². The molecule has 2 heterocycles. The van der Waals surface area contributed by atoms with Crippen molar-refractivity contribution in [3.8, 4) is 0 Å². The molecule has 2 rings (SSSR count). The predicted octanol–water partition coefficient (Wildman–Crippen LogP) is -1.27. The standard InChI is InChI=1S/C8H16N2O2/c11-6-2-4-10(5-6)8-7(12)1-3-9-8/h6-9,11-12H,1-5H2/t6-,7+,8?/m1/s1. The van der Waals surface area contributed by atoms with Crippen LogP contribution in [-0.2, 0) is 0 Å². The molecular weight excluding hydrogens is 156 g/mol. The van der Waals surface area contributed by atoms with E-state index < -0.39 is 0 Å². The van der Waals surface area contributed by atoms with Gasteiger partial charge in [0.2, 0.25) is 0 Å². The van der Waals surface area contributed by atoms with Crippen LogP contribution in [0.1, 0.15) is 12.8 Å². The predicted molar refractivity (Wildman–Crippen MR) is 44.6 cm³/mol. The van der Waals surface area contributed by atoms with E-state index >= 15 is 0 Å². The molecule has 2 saturated heterocycles. The number of hydrogen-bond donors (Lipinski definition) is 3. The Hall–Kier alpha value is -0.160. The molecule has 70 valence electrons. The van der Waals surface area contributed by atoms with Crippen molar-refractivity contribution in [3.63, 3.8) is 0 Å². The first kappa shape index (κ1) is 8.44. The largest absolute Gasteiger partial charge is 0.392 e. The monoisotopic (exact) mass is 172 g/mol. The summed E-state index contributed by atoms with van der Waals surface area (Å²) >= 11 is 0. The summed E-state index contributed by atoms with van der Waals surface area (Å²) in [6, 6.07) is 0. The van der Waals surface area contributed by atoms with Crippen LogP contribution in [0.2, 0.25) is 0 Å². The Morgan fingerprint density at radius 3 is 2.58 bits per heavy atom. The lowest BCUT2D eigenvalue weighted by Gasteiger charge is -2.26. The highest BCUT2D eigenvalue weighted by Crippen LogP contribution is 2.17. The van der Waals surface area contributed by atoms with Gasteiger partial charge in [-0.3, -0.25) is 10.2 Å². The number of β-amino-alcohol motifs (C(OH)–C–C–N with tert-alkyl or cyclic N) is 1. The highest BCUT2D eigenvalue weighted by Gasteiger charge is 2.34. The Morgan fingerprint density at radius 2 is 2.08 bits per heavy atom. The van der Waals surface area contributed by atoms with Crippen LogP contribution in [0.15, 0.2) is 0 Å². The highest BCUT2D eigenvalue weighted by atomic mass is 16.3. The van der Waals surface area contributed by atoms with E-state index in [0.717, 1.165) is 25.9 Å². The summed E-state index contributed by atoms with van der Waals surface area (Å²) < 4.78 is 0. The number of aliphatic hydroxyl groups excluding tert-OH is 2. The first-order valence-corrected chi connectivity index (χ1v) is 4.61. The molecule has 2 fully saturated rings. The van der Waals surface area contributed by atoms with Gasteiger partial charge >= 0.3 is 0 Å². The number of likely N-dealkylation sites (tertiary alicyclic amines) is 1. The molecule has 0 aromatic carbocycles. The maximum Gasteiger partial charge on any atom is 0.0866 e. The molecule has 3 atom stereocenters. The lowest BCUT2D eigenvalue weighted by Crippen LogP contribution is -2.46. The topological polar surface area (TPSA) is 55.7 Å². The second kappa shape index (κ2) is 3.30. The maximum absolute atomic E-state index is 9.55. The van der Waals surface area contributed by atoms with E-state index in [-0.39, 0.29) is 18.4 Å². The van der Waals surface area contributed by atoms with Gasteiger partial charge in [0.05, 0.1) is 18.4 Å². The molecule has 4 heteroatoms. The van der Waals surface area contributed by atoms with Gasteiger partial charge in [-0.25, -0.2) is 0 Å². The molecule has 2 aliphatic rings. The smallest absolute Gasteiger partial charge is 0.0866 e. The zero-order chi connectivity index (χ0) is 8.55. The SMILES string of the molecule is O[C@@H]1CCN(C2NCC[C@@H]2O)C1. The fourth-order valence-electron chi connectivity index (χ4n) is 2.07. The average Bonchev–Trinajstić information content (AvgIpc) is 2.58. The number of nitrogens with zero attached hydrogens (tertiary/aromatic N) is 1. The molecule has 3 N–H and O–H groups in total. The highest BCUT2D eigenvalue weighted by molar-refractivity contribution is 4.88. The van der Waals surface area contributed by atoms with Gasteiger partial charge in [-0.2, -0.15) is 0 Å². The Labute approximate surface area is 72.2 Å². The van der Waals surface area contributed by atoms with Crippen molar-refractivity contribution in [2.45, 2.75) is 31.2 Å². The van der Waals surface area contributed by atoms with Gasteiger partial charge in [-0.05, 0) is 19.4 Å². The first-order chi connectivity index (χ1) is 5.77. The van der Waals surface area contributed by atoms with Crippen LogP contribution in [0.25, 0.3) is 0 Å². The first-order valence-electron chi connectivity index (χ1n) is 4.61. The molecule has 4 nitrogen and oxygen atoms in total. The van der Waals surface area contributed by atoms with Gasteiger partial charge in [0.25, 0.3) is 0 Å². The van der Waals surface area contributed by atoms with Crippen LogP contribution in [0.4, 0.5) is 0 Å². The summed E-state index contributed by atoms with van der Waals surface area (Å²) in [6.45, 7) is 2.49. The van der Waals surface area contributed by atoms with E-state index in [4.69, 9.17) is 0 Å². The minimum atomic E-state index is -0.254. The minimum absolute atomic E-state index is 0.0853. The molecule has 1 unspecified atom stereocenters. The van der Waals surface area contributed by atoms with E-state index in [2.05, 4.69) is 10.2 Å². The summed E-state index contributed by atoms with van der Waals surface area (Å²) in [5.74, 6) is 0. The summed E-state index contributed by atoms with van der Waals surface area (Å²) in [6.07, 6.45) is 1.30. The quantitative estimate of drug-likeness (QED) is 0.462. The van der Waals surface area contributed by atoms with E-state index in [1.807, 2.05) is 0 Å². The van der Waals surface area contributed by atoms with E-state index in [1.165, 1.54) is 0 Å². The Balaban J connectivity index is 1.91. The molecule has 2 aliphatic heterocycles. The zero-order valence-electron chi connectivity index (χ0n) is 7.11. The number of hydrogen-bond acceptors (Lipinski definition) is 4. The molecule has 0 spiro atoms. The lowest BCUT2D eigenvalue weighted by atomic mass is 10.2. The molecule has 0 radical (unpaired) electrons. The fraction of sp³-hybridized carbons (Fsp3) is 1.00. The van der Waals surface area contributed by atoms with Gasteiger partial charge < -0.3 is 10.2 Å². The van der Waals surface area contributed by atoms with Crippen LogP contribution in [0, 0.1) is 0 Å². The van der Waals surface area contributed by atoms with Crippen molar-refractivity contribution in [1.29, 1.82) is 0 Å². The molecular formula is C8H16N2O2. The lowest BCUT2D eigenvalue weighted by molar-refractivity contribution is 0.0659. The van der Waals surface area contributed by atoms with Gasteiger partial charge in [-0.1, -0.05) is 0 Å². The molecule has 0 aromatic rings. The number of rotatable bonds is 1. The van der Waals surface area contributed by atoms with Crippen molar-refractivity contribution in [1.82, 2.24) is 10.2 Å². The minimum Gasteiger partial charge on any atom is -0.392 e. The summed E-state index contributed by atoms with van der Waals surface area (Å²) in [5.41, 5.74) is 0. The Bertz CT molecular complexity index is 165. The molecule has 0 amide bonds. The van der Waals surface area contributed by atoms with Crippen molar-refractivity contribution in [2.75, 3.05) is 19.6 Å². The van der Waals surface area contributed by atoms with Crippen LogP contribution < -0.4 is 5.32 Å². The number of nitrogens with one attached hydrogen (secondary N) is 1. The third kappa shape index (κ3) is 1.47. The van der Waals surface area contributed by atoms with E-state index in [1.54, 1.807) is 0 Å². The van der Waals surface area contributed by atoms with Crippen molar-refractivity contribution in [3.05, 3.63) is 0 Å². The number of aliphatic hydroxyl groups is 2. The van der Waals surface area contributed by atoms with Crippen LogP contribution in [-0.4, -0.2) is 53.1 Å². The van der Waals surface area contributed by atoms with Gasteiger partial charge in [0.1, 0.15) is 0 Å². The summed E-state index contributed by atoms with van der Waals surface area (Å²) in [5, 5.41) is 22.1. The molecule has 0 bridgehead atoms. The average molecular weight is 172 g/mol. The maximum atomic E-state index is 9.55. The van der Waals surface area contributed by atoms with Crippen LogP contribution in [0.5, 0.6) is 0 Å². The second-order valence-corrected chi connectivity index (χ2v) is 3.69. The Kier molecular flexibility index (Phi) is 2.32. The van der Waals surface area contributed by atoms with E-state index in [9.17, 15) is 10.2 Å². The van der Waals surface area contributed by atoms with Gasteiger partial charge in [-0.15, -0.1) is 0 Å². The third-order valence-electron chi connectivity index (χ3n) is 2.75. The summed E-state index contributed by atoms with van der Waals surface area (Å²) in [7, 11) is 0. The molecule has 0 aliphatic carbocycles. The van der Waals surface area contributed by atoms with E-state index in [0.29, 0.717) is 6.54 Å². The van der Waals surface area contributed by atoms with Crippen molar-refractivity contribution >= 4 is 0 Å². The second-order valence-electron chi connectivity index (χ2n) is 3.69. The Morgan fingerprint density at radius 1 is 1.25 bits per heavy atom. The zero-order valence-corrected chi connectivity index (χ0v) is 7.11. The van der Waals surface area contributed by atoms with Crippen LogP contribution in [0.3, 0.4) is 0 Å². The van der Waals surface area contributed by atoms with Crippen molar-refractivity contribution in [2.24, 2.45) is 0 Å². The van der Waals surface area contributed by atoms with Crippen LogP contribution >= 0.6 is 0 Å². The molecule has 0 saturated carbocycles. The molecule has 0 aromatic heterocycles. The van der Waals surface area contributed by atoms with Crippen molar-refractivity contribution < 1.29 is 10.2 Å². The fourth-order valence-corrected chi connectivity index (χ4v) is 2.07. The summed E-state index contributed by atoms with van der Waals surface area (Å²) in [4.78, 5) is 2.13. The third-order valence-corrected chi connectivity index (χ3v) is 2.75. The molecule has 12 heavy (non-hydrogen) atoms. The van der Waals surface area contributed by atoms with Gasteiger partial charge in [0.15, 0.2) is 0 Å². The normalized spacial score (nSPS) is 44.0.